The minimum absolute atomic E-state index is 0.0313. The number of aliphatic hydroxyl groups excluding tert-OH is 2. The lowest BCUT2D eigenvalue weighted by molar-refractivity contribution is -0.151. The van der Waals surface area contributed by atoms with Crippen molar-refractivity contribution in [2.75, 3.05) is 6.61 Å². The molecule has 0 aromatic heterocycles. The smallest absolute Gasteiger partial charge is 0.306 e. The average molecular weight is 935 g/mol. The van der Waals surface area contributed by atoms with Crippen LogP contribution < -0.4 is 5.32 Å². The summed E-state index contributed by atoms with van der Waals surface area (Å²) in [5.74, 6) is -0.542. The minimum atomic E-state index is -0.809. The van der Waals surface area contributed by atoms with E-state index in [0.717, 1.165) is 96.3 Å². The minimum Gasteiger partial charge on any atom is -0.462 e. The Morgan fingerprint density at radius 1 is 0.448 bits per heavy atom. The molecule has 0 saturated heterocycles. The molecule has 3 N–H and O–H groups in total. The predicted molar refractivity (Wildman–Crippen MR) is 291 cm³/mol. The Balaban J connectivity index is 4.69. The molecule has 1 amide bonds. The van der Waals surface area contributed by atoms with E-state index in [0.29, 0.717) is 19.3 Å². The van der Waals surface area contributed by atoms with Crippen molar-refractivity contribution in [3.63, 3.8) is 0 Å². The summed E-state index contributed by atoms with van der Waals surface area (Å²) in [6, 6.07) is -0.727. The number of amides is 1. The van der Waals surface area contributed by atoms with Crippen LogP contribution in [0, 0.1) is 0 Å². The number of ether oxygens (including phenoxy) is 1. The zero-order valence-corrected chi connectivity index (χ0v) is 44.0. The van der Waals surface area contributed by atoms with Crippen molar-refractivity contribution in [2.24, 2.45) is 0 Å². The van der Waals surface area contributed by atoms with Crippen molar-refractivity contribution in [1.82, 2.24) is 5.32 Å². The van der Waals surface area contributed by atoms with Gasteiger partial charge in [-0.2, -0.15) is 0 Å². The molecule has 67 heavy (non-hydrogen) atoms. The summed E-state index contributed by atoms with van der Waals surface area (Å²) < 4.78 is 5.92. The molecule has 0 aromatic carbocycles. The summed E-state index contributed by atoms with van der Waals surface area (Å²) in [6.45, 7) is 6.34. The van der Waals surface area contributed by atoms with Gasteiger partial charge in [0, 0.05) is 6.42 Å². The van der Waals surface area contributed by atoms with E-state index in [9.17, 15) is 19.8 Å². The van der Waals surface area contributed by atoms with Gasteiger partial charge in [-0.15, -0.1) is 0 Å². The fourth-order valence-electron chi connectivity index (χ4n) is 8.20. The van der Waals surface area contributed by atoms with E-state index in [4.69, 9.17) is 4.74 Å². The molecule has 3 atom stereocenters. The van der Waals surface area contributed by atoms with Crippen LogP contribution >= 0.6 is 0 Å². The molecule has 0 aliphatic rings. The third kappa shape index (κ3) is 49.3. The maximum Gasteiger partial charge on any atom is 0.306 e. The van der Waals surface area contributed by atoms with E-state index in [1.165, 1.54) is 122 Å². The molecule has 0 fully saturated rings. The molecular formula is C61H107NO5. The Morgan fingerprint density at radius 3 is 1.28 bits per heavy atom. The van der Waals surface area contributed by atoms with Crippen LogP contribution in [-0.2, 0) is 14.3 Å². The molecule has 386 valence electrons. The lowest BCUT2D eigenvalue weighted by Crippen LogP contribution is -2.46. The summed E-state index contributed by atoms with van der Waals surface area (Å²) in [7, 11) is 0. The first-order valence-corrected chi connectivity index (χ1v) is 28.3. The Hall–Kier alpha value is -2.96. The summed E-state index contributed by atoms with van der Waals surface area (Å²) >= 11 is 0. The Morgan fingerprint density at radius 2 is 0.821 bits per heavy atom. The normalized spacial score (nSPS) is 13.8. The van der Waals surface area contributed by atoms with Crippen molar-refractivity contribution < 1.29 is 24.5 Å². The van der Waals surface area contributed by atoms with Gasteiger partial charge in [0.25, 0.3) is 0 Å². The average Bonchev–Trinajstić information content (AvgIpc) is 3.32. The number of unbranched alkanes of at least 4 members (excludes halogenated alkanes) is 24. The van der Waals surface area contributed by atoms with E-state index in [1.807, 2.05) is 0 Å². The standard InChI is InChI=1S/C61H107NO5/c1-4-7-10-13-16-19-22-25-28-30-32-34-37-40-43-46-49-52-57(67-61(66)54-51-48-45-42-39-36-33-29-26-23-20-17-14-11-8-5-2)55-60(65)62-58(56-63)59(64)53-50-47-44-41-38-35-31-27-24-21-18-15-12-9-6-3/h8,11,16-17,19-20,25-26,28-29,32,34,40,43,57-59,63-64H,4-7,9-10,12-15,18,21-24,27,30-31,33,35-39,41-42,44-56H2,1-3H3,(H,62,65)/b11-8+,19-16-,20-17+,28-25-,29-26+,34-32-,43-40-. The molecule has 0 bridgehead atoms. The number of carbonyl (C=O) groups is 2. The molecule has 0 aliphatic heterocycles. The number of nitrogens with one attached hydrogen (secondary N) is 1. The topological polar surface area (TPSA) is 95.9 Å². The van der Waals surface area contributed by atoms with Crippen LogP contribution in [0.4, 0.5) is 0 Å². The summed E-state index contributed by atoms with van der Waals surface area (Å²) in [6.07, 6.45) is 70.7. The van der Waals surface area contributed by atoms with Crippen LogP contribution in [0.1, 0.15) is 265 Å². The van der Waals surface area contributed by atoms with E-state index < -0.39 is 18.2 Å². The number of esters is 1. The summed E-state index contributed by atoms with van der Waals surface area (Å²) in [4.78, 5) is 26.3. The zero-order chi connectivity index (χ0) is 48.8. The molecule has 0 aromatic rings. The second-order valence-electron chi connectivity index (χ2n) is 19.0. The number of hydrogen-bond acceptors (Lipinski definition) is 5. The third-order valence-electron chi connectivity index (χ3n) is 12.5. The van der Waals surface area contributed by atoms with Gasteiger partial charge in [0.15, 0.2) is 0 Å². The summed E-state index contributed by atoms with van der Waals surface area (Å²) in [5, 5.41) is 23.9. The molecule has 0 saturated carbocycles. The van der Waals surface area contributed by atoms with Crippen LogP contribution in [-0.4, -0.2) is 46.9 Å². The second kappa shape index (κ2) is 54.0. The van der Waals surface area contributed by atoms with Gasteiger partial charge < -0.3 is 20.3 Å². The van der Waals surface area contributed by atoms with E-state index in [2.05, 4.69) is 111 Å². The van der Waals surface area contributed by atoms with Crippen molar-refractivity contribution in [3.8, 4) is 0 Å². The van der Waals surface area contributed by atoms with Crippen molar-refractivity contribution in [1.29, 1.82) is 0 Å². The van der Waals surface area contributed by atoms with Crippen LogP contribution in [0.2, 0.25) is 0 Å². The molecule has 6 heteroatoms. The highest BCUT2D eigenvalue weighted by atomic mass is 16.5. The maximum absolute atomic E-state index is 13.3. The monoisotopic (exact) mass is 934 g/mol. The highest BCUT2D eigenvalue weighted by molar-refractivity contribution is 5.77. The van der Waals surface area contributed by atoms with Gasteiger partial charge in [0.2, 0.25) is 5.91 Å². The third-order valence-corrected chi connectivity index (χ3v) is 12.5. The fraction of sp³-hybridized carbons (Fsp3) is 0.738. The van der Waals surface area contributed by atoms with Crippen LogP contribution in [0.3, 0.4) is 0 Å². The maximum atomic E-state index is 13.3. The lowest BCUT2D eigenvalue weighted by Gasteiger charge is -2.24. The van der Waals surface area contributed by atoms with E-state index in [1.54, 1.807) is 0 Å². The molecule has 0 spiro atoms. The number of carbonyl (C=O) groups excluding carboxylic acids is 2. The van der Waals surface area contributed by atoms with Crippen LogP contribution in [0.15, 0.2) is 85.1 Å². The Kier molecular flexibility index (Phi) is 51.6. The molecule has 0 heterocycles. The van der Waals surface area contributed by atoms with Gasteiger partial charge in [-0.05, 0) is 96.3 Å². The van der Waals surface area contributed by atoms with Crippen LogP contribution in [0.5, 0.6) is 0 Å². The molecule has 0 aliphatic carbocycles. The SMILES string of the molecule is CC/C=C/C/C=C/C/C=C/CCCCCCCCC(=O)OC(CCC/C=C\C/C=C\C/C=C\C/C=C\CCCCC)CC(=O)NC(CO)C(O)CCCCCCCCCCCCCCCCC. The zero-order valence-electron chi connectivity index (χ0n) is 44.0. The molecule has 6 nitrogen and oxygen atoms in total. The first-order valence-electron chi connectivity index (χ1n) is 28.3. The van der Waals surface area contributed by atoms with Crippen molar-refractivity contribution >= 4 is 11.9 Å². The van der Waals surface area contributed by atoms with Gasteiger partial charge in [0.05, 0.1) is 25.2 Å². The predicted octanol–water partition coefficient (Wildman–Crippen LogP) is 17.5. The highest BCUT2D eigenvalue weighted by Crippen LogP contribution is 2.17. The number of rotatable bonds is 50. The van der Waals surface area contributed by atoms with E-state index in [-0.39, 0.29) is 24.9 Å². The van der Waals surface area contributed by atoms with Gasteiger partial charge >= 0.3 is 5.97 Å². The number of hydrogen-bond donors (Lipinski definition) is 3. The van der Waals surface area contributed by atoms with Gasteiger partial charge in [-0.3, -0.25) is 9.59 Å². The summed E-state index contributed by atoms with van der Waals surface area (Å²) in [5.41, 5.74) is 0. The Bertz CT molecular complexity index is 1280. The van der Waals surface area contributed by atoms with Crippen molar-refractivity contribution in [3.05, 3.63) is 85.1 Å². The quantitative estimate of drug-likeness (QED) is 0.0321. The fourth-order valence-corrected chi connectivity index (χ4v) is 8.20. The van der Waals surface area contributed by atoms with Crippen molar-refractivity contribution in [2.45, 2.75) is 283 Å². The first kappa shape index (κ1) is 64.0. The molecule has 0 radical (unpaired) electrons. The number of allylic oxidation sites excluding steroid dienone is 14. The highest BCUT2D eigenvalue weighted by Gasteiger charge is 2.24. The molecule has 0 rings (SSSR count). The first-order chi connectivity index (χ1) is 33.0. The lowest BCUT2D eigenvalue weighted by atomic mass is 10.0. The van der Waals surface area contributed by atoms with Gasteiger partial charge in [-0.1, -0.05) is 241 Å². The molecular weight excluding hydrogens is 827 g/mol. The molecule has 3 unspecified atom stereocenters. The largest absolute Gasteiger partial charge is 0.462 e. The van der Waals surface area contributed by atoms with E-state index >= 15 is 0 Å². The van der Waals surface area contributed by atoms with Gasteiger partial charge in [0.1, 0.15) is 6.10 Å². The van der Waals surface area contributed by atoms with Crippen LogP contribution in [0.25, 0.3) is 0 Å². The van der Waals surface area contributed by atoms with Gasteiger partial charge in [-0.25, -0.2) is 0 Å². The number of aliphatic hydroxyl groups is 2. The second-order valence-corrected chi connectivity index (χ2v) is 19.0. The Labute approximate surface area is 414 Å².